The van der Waals surface area contributed by atoms with Crippen LogP contribution < -0.4 is 4.90 Å². The average molecular weight is 205 g/mol. The van der Waals surface area contributed by atoms with Gasteiger partial charge in [0.15, 0.2) is 0 Å². The Hall–Kier alpha value is -0.890. The Morgan fingerprint density at radius 2 is 1.79 bits per heavy atom. The van der Waals surface area contributed by atoms with E-state index in [2.05, 4.69) is 35.7 Å². The van der Waals surface area contributed by atoms with Crippen LogP contribution in [-0.2, 0) is 0 Å². The molecular formula is C12H15NS. The van der Waals surface area contributed by atoms with Crippen molar-refractivity contribution in [2.75, 3.05) is 29.5 Å². The summed E-state index contributed by atoms with van der Waals surface area (Å²) in [7, 11) is 0. The van der Waals surface area contributed by atoms with Gasteiger partial charge < -0.3 is 4.90 Å². The normalized spacial score (nSPS) is 16.7. The van der Waals surface area contributed by atoms with Gasteiger partial charge in [-0.25, -0.2) is 0 Å². The van der Waals surface area contributed by atoms with Gasteiger partial charge in [-0.05, 0) is 17.7 Å². The second kappa shape index (κ2) is 4.56. The Morgan fingerprint density at radius 3 is 2.36 bits per heavy atom. The van der Waals surface area contributed by atoms with Gasteiger partial charge >= 0.3 is 0 Å². The molecule has 0 spiro atoms. The zero-order valence-electron chi connectivity index (χ0n) is 8.28. The van der Waals surface area contributed by atoms with E-state index in [1.54, 1.807) is 0 Å². The van der Waals surface area contributed by atoms with Crippen molar-refractivity contribution < 1.29 is 0 Å². The lowest BCUT2D eigenvalue weighted by Gasteiger charge is -2.28. The van der Waals surface area contributed by atoms with Gasteiger partial charge in [-0.15, -0.1) is 0 Å². The first-order chi connectivity index (χ1) is 6.90. The largest absolute Gasteiger partial charge is 0.370 e. The summed E-state index contributed by atoms with van der Waals surface area (Å²) in [5.74, 6) is 2.51. The minimum atomic E-state index is 1.18. The standard InChI is InChI=1S/C12H15NS/c1-2-11-3-5-12(6-4-11)13-7-9-14-10-8-13/h2-6H,1,7-10H2. The molecular weight excluding hydrogens is 190 g/mol. The molecule has 0 bridgehead atoms. The van der Waals surface area contributed by atoms with E-state index >= 15 is 0 Å². The molecule has 0 N–H and O–H groups in total. The first-order valence-electron chi connectivity index (χ1n) is 4.95. The van der Waals surface area contributed by atoms with Crippen LogP contribution in [0, 0.1) is 0 Å². The third kappa shape index (κ3) is 2.13. The lowest BCUT2D eigenvalue weighted by atomic mass is 10.2. The van der Waals surface area contributed by atoms with Gasteiger partial charge in [-0.3, -0.25) is 0 Å². The highest BCUT2D eigenvalue weighted by molar-refractivity contribution is 7.99. The van der Waals surface area contributed by atoms with Gasteiger partial charge in [-0.1, -0.05) is 24.8 Å². The van der Waals surface area contributed by atoms with Crippen molar-refractivity contribution >= 4 is 23.5 Å². The Labute approximate surface area is 89.8 Å². The van der Waals surface area contributed by atoms with E-state index < -0.39 is 0 Å². The van der Waals surface area contributed by atoms with Gasteiger partial charge in [0, 0.05) is 30.3 Å². The maximum absolute atomic E-state index is 3.76. The predicted molar refractivity (Wildman–Crippen MR) is 66.1 cm³/mol. The van der Waals surface area contributed by atoms with Crippen LogP contribution in [0.25, 0.3) is 6.08 Å². The first-order valence-corrected chi connectivity index (χ1v) is 6.11. The molecule has 1 fully saturated rings. The van der Waals surface area contributed by atoms with Crippen molar-refractivity contribution in [1.82, 2.24) is 0 Å². The molecule has 2 heteroatoms. The molecule has 0 aliphatic carbocycles. The highest BCUT2D eigenvalue weighted by Gasteiger charge is 2.10. The number of thioether (sulfide) groups is 1. The second-order valence-corrected chi connectivity index (χ2v) is 4.62. The Morgan fingerprint density at radius 1 is 1.14 bits per heavy atom. The van der Waals surface area contributed by atoms with Crippen LogP contribution in [0.4, 0.5) is 5.69 Å². The minimum absolute atomic E-state index is 1.18. The van der Waals surface area contributed by atoms with Crippen LogP contribution in [0.1, 0.15) is 5.56 Å². The van der Waals surface area contributed by atoms with Crippen LogP contribution in [-0.4, -0.2) is 24.6 Å². The van der Waals surface area contributed by atoms with Crippen molar-refractivity contribution in [3.8, 4) is 0 Å². The Kier molecular flexibility index (Phi) is 3.14. The maximum Gasteiger partial charge on any atom is 0.0367 e. The van der Waals surface area contributed by atoms with Crippen molar-refractivity contribution in [2.45, 2.75) is 0 Å². The van der Waals surface area contributed by atoms with Gasteiger partial charge in [-0.2, -0.15) is 11.8 Å². The zero-order chi connectivity index (χ0) is 9.80. The van der Waals surface area contributed by atoms with E-state index in [0.29, 0.717) is 0 Å². The summed E-state index contributed by atoms with van der Waals surface area (Å²) < 4.78 is 0. The van der Waals surface area contributed by atoms with Gasteiger partial charge in [0.25, 0.3) is 0 Å². The number of hydrogen-bond acceptors (Lipinski definition) is 2. The highest BCUT2D eigenvalue weighted by atomic mass is 32.2. The molecule has 74 valence electrons. The topological polar surface area (TPSA) is 3.24 Å². The lowest BCUT2D eigenvalue weighted by Crippen LogP contribution is -2.32. The van der Waals surface area contributed by atoms with Gasteiger partial charge in [0.05, 0.1) is 0 Å². The van der Waals surface area contributed by atoms with Crippen LogP contribution >= 0.6 is 11.8 Å². The van der Waals surface area contributed by atoms with E-state index in [-0.39, 0.29) is 0 Å². The molecule has 2 rings (SSSR count). The molecule has 1 saturated heterocycles. The number of nitrogens with zero attached hydrogens (tertiary/aromatic N) is 1. The molecule has 1 aromatic rings. The zero-order valence-corrected chi connectivity index (χ0v) is 9.09. The average Bonchev–Trinajstić information content (AvgIpc) is 2.30. The number of anilines is 1. The molecule has 1 aliphatic rings. The molecule has 0 radical (unpaired) electrons. The van der Waals surface area contributed by atoms with E-state index in [1.165, 1.54) is 35.8 Å². The van der Waals surface area contributed by atoms with Crippen LogP contribution in [0.2, 0.25) is 0 Å². The van der Waals surface area contributed by atoms with Crippen molar-refractivity contribution in [3.63, 3.8) is 0 Å². The van der Waals surface area contributed by atoms with Crippen LogP contribution in [0.15, 0.2) is 30.8 Å². The Bertz CT molecular complexity index is 299. The number of hydrogen-bond donors (Lipinski definition) is 0. The fourth-order valence-corrected chi connectivity index (χ4v) is 2.55. The molecule has 1 nitrogen and oxygen atoms in total. The summed E-state index contributed by atoms with van der Waals surface area (Å²) in [5, 5.41) is 0. The van der Waals surface area contributed by atoms with E-state index in [4.69, 9.17) is 0 Å². The fourth-order valence-electron chi connectivity index (χ4n) is 1.64. The van der Waals surface area contributed by atoms with E-state index in [9.17, 15) is 0 Å². The lowest BCUT2D eigenvalue weighted by molar-refractivity contribution is 0.859. The molecule has 14 heavy (non-hydrogen) atoms. The van der Waals surface area contributed by atoms with E-state index in [0.717, 1.165) is 0 Å². The van der Waals surface area contributed by atoms with Crippen molar-refractivity contribution in [3.05, 3.63) is 36.4 Å². The van der Waals surface area contributed by atoms with E-state index in [1.807, 2.05) is 17.8 Å². The molecule has 1 aromatic carbocycles. The maximum atomic E-state index is 3.76. The minimum Gasteiger partial charge on any atom is -0.370 e. The summed E-state index contributed by atoms with van der Waals surface area (Å²) in [6.45, 7) is 6.11. The van der Waals surface area contributed by atoms with Crippen LogP contribution in [0.3, 0.4) is 0 Å². The molecule has 0 atom stereocenters. The molecule has 0 unspecified atom stereocenters. The van der Waals surface area contributed by atoms with Crippen LogP contribution in [0.5, 0.6) is 0 Å². The Balaban J connectivity index is 2.11. The second-order valence-electron chi connectivity index (χ2n) is 3.40. The SMILES string of the molecule is C=Cc1ccc(N2CCSCC2)cc1. The summed E-state index contributed by atoms with van der Waals surface area (Å²) >= 11 is 2.04. The third-order valence-corrected chi connectivity index (χ3v) is 3.45. The van der Waals surface area contributed by atoms with Crippen molar-refractivity contribution in [1.29, 1.82) is 0 Å². The van der Waals surface area contributed by atoms with Crippen molar-refractivity contribution in [2.24, 2.45) is 0 Å². The monoisotopic (exact) mass is 205 g/mol. The highest BCUT2D eigenvalue weighted by Crippen LogP contribution is 2.19. The molecule has 1 heterocycles. The molecule has 0 aromatic heterocycles. The molecule has 0 amide bonds. The summed E-state index contributed by atoms with van der Waals surface area (Å²) in [6.07, 6.45) is 1.88. The number of benzene rings is 1. The fraction of sp³-hybridized carbons (Fsp3) is 0.333. The number of rotatable bonds is 2. The summed E-state index contributed by atoms with van der Waals surface area (Å²) in [5.41, 5.74) is 2.54. The van der Waals surface area contributed by atoms with Gasteiger partial charge in [0.2, 0.25) is 0 Å². The predicted octanol–water partition coefficient (Wildman–Crippen LogP) is 2.88. The van der Waals surface area contributed by atoms with Gasteiger partial charge in [0.1, 0.15) is 0 Å². The summed E-state index contributed by atoms with van der Waals surface area (Å²) in [4.78, 5) is 2.45. The quantitative estimate of drug-likeness (QED) is 0.730. The third-order valence-electron chi connectivity index (χ3n) is 2.51. The summed E-state index contributed by atoms with van der Waals surface area (Å²) in [6, 6.07) is 8.63. The molecule has 0 saturated carbocycles. The first kappa shape index (κ1) is 9.66. The molecule has 1 aliphatic heterocycles. The smallest absolute Gasteiger partial charge is 0.0367 e.